The molecule has 0 bridgehead atoms. The summed E-state index contributed by atoms with van der Waals surface area (Å²) in [5, 5.41) is 4.76. The van der Waals surface area contributed by atoms with Crippen LogP contribution in [0.15, 0.2) is 28.7 Å². The molecule has 0 spiro atoms. The zero-order chi connectivity index (χ0) is 14.4. The maximum atomic E-state index is 5.97. The van der Waals surface area contributed by atoms with Crippen LogP contribution in [0.4, 0.5) is 0 Å². The summed E-state index contributed by atoms with van der Waals surface area (Å²) in [6.45, 7) is 6.18. The van der Waals surface area contributed by atoms with E-state index in [0.29, 0.717) is 0 Å². The molecule has 20 heavy (non-hydrogen) atoms. The lowest BCUT2D eigenvalue weighted by atomic mass is 10.1. The average Bonchev–Trinajstić information content (AvgIpc) is 2.80. The Hall–Kier alpha value is -1.32. The van der Waals surface area contributed by atoms with Crippen LogP contribution in [-0.2, 0) is 4.74 Å². The molecule has 0 radical (unpaired) electrons. The molecule has 3 nitrogen and oxygen atoms in total. The Labute approximate surface area is 121 Å². The van der Waals surface area contributed by atoms with Gasteiger partial charge in [0.1, 0.15) is 11.3 Å². The molecule has 0 saturated heterocycles. The molecule has 0 aliphatic rings. The SMILES string of the molecule is COCCCCCNC(C)c1oc2ccccc2c1C. The minimum Gasteiger partial charge on any atom is -0.459 e. The zero-order valence-electron chi connectivity index (χ0n) is 12.7. The lowest BCUT2D eigenvalue weighted by Crippen LogP contribution is -2.20. The predicted molar refractivity (Wildman–Crippen MR) is 83.1 cm³/mol. The van der Waals surface area contributed by atoms with E-state index in [9.17, 15) is 0 Å². The summed E-state index contributed by atoms with van der Waals surface area (Å²) >= 11 is 0. The van der Waals surface area contributed by atoms with Crippen LogP contribution in [0.3, 0.4) is 0 Å². The van der Waals surface area contributed by atoms with Crippen LogP contribution in [0, 0.1) is 6.92 Å². The molecule has 3 heteroatoms. The van der Waals surface area contributed by atoms with Crippen molar-refractivity contribution >= 4 is 11.0 Å². The number of fused-ring (bicyclic) bond motifs is 1. The summed E-state index contributed by atoms with van der Waals surface area (Å²) in [5.74, 6) is 1.06. The molecular weight excluding hydrogens is 250 g/mol. The van der Waals surface area contributed by atoms with Gasteiger partial charge in [0, 0.05) is 19.1 Å². The van der Waals surface area contributed by atoms with E-state index in [1.807, 2.05) is 12.1 Å². The topological polar surface area (TPSA) is 34.4 Å². The van der Waals surface area contributed by atoms with Gasteiger partial charge in [-0.1, -0.05) is 18.2 Å². The standard InChI is InChI=1S/C17H25NO2/c1-13-15-9-5-6-10-16(15)20-17(13)14(2)18-11-7-4-8-12-19-3/h5-6,9-10,14,18H,4,7-8,11-12H2,1-3H3. The molecule has 1 N–H and O–H groups in total. The van der Waals surface area contributed by atoms with Crippen LogP contribution in [0.2, 0.25) is 0 Å². The number of para-hydroxylation sites is 1. The van der Waals surface area contributed by atoms with Crippen molar-refractivity contribution in [1.29, 1.82) is 0 Å². The number of rotatable bonds is 8. The second kappa shape index (κ2) is 7.46. The highest BCUT2D eigenvalue weighted by Crippen LogP contribution is 2.29. The molecule has 0 aliphatic carbocycles. The number of furan rings is 1. The van der Waals surface area contributed by atoms with Gasteiger partial charge in [-0.3, -0.25) is 0 Å². The maximum Gasteiger partial charge on any atom is 0.134 e. The molecule has 1 aromatic carbocycles. The second-order valence-corrected chi connectivity index (χ2v) is 5.32. The van der Waals surface area contributed by atoms with Crippen molar-refractivity contribution in [1.82, 2.24) is 5.32 Å². The van der Waals surface area contributed by atoms with Crippen LogP contribution in [0.1, 0.15) is 43.6 Å². The number of methoxy groups -OCH3 is 1. The summed E-state index contributed by atoms with van der Waals surface area (Å²) in [5.41, 5.74) is 2.23. The van der Waals surface area contributed by atoms with E-state index < -0.39 is 0 Å². The van der Waals surface area contributed by atoms with Crippen molar-refractivity contribution in [2.24, 2.45) is 0 Å². The molecule has 1 atom stereocenters. The third kappa shape index (κ3) is 3.62. The molecule has 0 fully saturated rings. The summed E-state index contributed by atoms with van der Waals surface area (Å²) in [4.78, 5) is 0. The third-order valence-corrected chi connectivity index (χ3v) is 3.75. The van der Waals surface area contributed by atoms with E-state index in [4.69, 9.17) is 9.15 Å². The maximum absolute atomic E-state index is 5.97. The molecule has 110 valence electrons. The first-order valence-electron chi connectivity index (χ1n) is 7.44. The van der Waals surface area contributed by atoms with Crippen LogP contribution >= 0.6 is 0 Å². The minimum absolute atomic E-state index is 0.254. The Balaban J connectivity index is 1.88. The molecule has 1 heterocycles. The van der Waals surface area contributed by atoms with E-state index in [2.05, 4.69) is 31.3 Å². The van der Waals surface area contributed by atoms with Crippen molar-refractivity contribution in [2.45, 2.75) is 39.2 Å². The smallest absolute Gasteiger partial charge is 0.134 e. The second-order valence-electron chi connectivity index (χ2n) is 5.32. The van der Waals surface area contributed by atoms with Gasteiger partial charge in [-0.2, -0.15) is 0 Å². The number of hydrogen-bond acceptors (Lipinski definition) is 3. The fourth-order valence-corrected chi connectivity index (χ4v) is 2.57. The fourth-order valence-electron chi connectivity index (χ4n) is 2.57. The third-order valence-electron chi connectivity index (χ3n) is 3.75. The normalized spacial score (nSPS) is 12.9. The van der Waals surface area contributed by atoms with Gasteiger partial charge in [-0.25, -0.2) is 0 Å². The molecule has 2 aromatic rings. The Morgan fingerprint density at radius 1 is 1.20 bits per heavy atom. The van der Waals surface area contributed by atoms with E-state index in [-0.39, 0.29) is 6.04 Å². The van der Waals surface area contributed by atoms with Crippen LogP contribution in [0.25, 0.3) is 11.0 Å². The van der Waals surface area contributed by atoms with Crippen molar-refractivity contribution < 1.29 is 9.15 Å². The van der Waals surface area contributed by atoms with Crippen molar-refractivity contribution in [3.05, 3.63) is 35.6 Å². The molecule has 0 aliphatic heterocycles. The van der Waals surface area contributed by atoms with E-state index in [1.165, 1.54) is 23.8 Å². The van der Waals surface area contributed by atoms with Gasteiger partial charge >= 0.3 is 0 Å². The molecule has 1 aromatic heterocycles. The van der Waals surface area contributed by atoms with Gasteiger partial charge in [0.05, 0.1) is 6.04 Å². The van der Waals surface area contributed by atoms with Crippen molar-refractivity contribution in [2.75, 3.05) is 20.3 Å². The fraction of sp³-hybridized carbons (Fsp3) is 0.529. The van der Waals surface area contributed by atoms with E-state index in [1.54, 1.807) is 7.11 Å². The van der Waals surface area contributed by atoms with Gasteiger partial charge in [0.25, 0.3) is 0 Å². The molecule has 0 saturated carbocycles. The predicted octanol–water partition coefficient (Wildman–Crippen LogP) is 4.21. The summed E-state index contributed by atoms with van der Waals surface area (Å²) in [7, 11) is 1.75. The largest absolute Gasteiger partial charge is 0.459 e. The summed E-state index contributed by atoms with van der Waals surface area (Å²) in [6.07, 6.45) is 3.51. The average molecular weight is 275 g/mol. The van der Waals surface area contributed by atoms with Crippen molar-refractivity contribution in [3.63, 3.8) is 0 Å². The van der Waals surface area contributed by atoms with E-state index in [0.717, 1.165) is 30.9 Å². The zero-order valence-corrected chi connectivity index (χ0v) is 12.7. The van der Waals surface area contributed by atoms with Crippen LogP contribution in [-0.4, -0.2) is 20.3 Å². The highest BCUT2D eigenvalue weighted by Gasteiger charge is 2.15. The molecule has 2 rings (SSSR count). The van der Waals surface area contributed by atoms with Gasteiger partial charge in [0.15, 0.2) is 0 Å². The Morgan fingerprint density at radius 3 is 2.75 bits per heavy atom. The highest BCUT2D eigenvalue weighted by atomic mass is 16.5. The number of nitrogens with one attached hydrogen (secondary N) is 1. The Bertz CT molecular complexity index is 533. The number of hydrogen-bond donors (Lipinski definition) is 1. The van der Waals surface area contributed by atoms with E-state index >= 15 is 0 Å². The minimum atomic E-state index is 0.254. The number of benzene rings is 1. The number of ether oxygens (including phenoxy) is 1. The van der Waals surface area contributed by atoms with Gasteiger partial charge in [-0.15, -0.1) is 0 Å². The first-order chi connectivity index (χ1) is 9.74. The Morgan fingerprint density at radius 2 is 2.00 bits per heavy atom. The first-order valence-corrected chi connectivity index (χ1v) is 7.44. The van der Waals surface area contributed by atoms with Gasteiger partial charge in [-0.05, 0) is 51.3 Å². The van der Waals surface area contributed by atoms with Crippen molar-refractivity contribution in [3.8, 4) is 0 Å². The first kappa shape index (κ1) is 15.1. The lowest BCUT2D eigenvalue weighted by Gasteiger charge is -2.12. The molecular formula is C17H25NO2. The number of aryl methyl sites for hydroxylation is 1. The van der Waals surface area contributed by atoms with Gasteiger partial charge in [0.2, 0.25) is 0 Å². The molecule has 1 unspecified atom stereocenters. The molecule has 0 amide bonds. The quantitative estimate of drug-likeness (QED) is 0.733. The summed E-state index contributed by atoms with van der Waals surface area (Å²) in [6, 6.07) is 8.48. The monoisotopic (exact) mass is 275 g/mol. The van der Waals surface area contributed by atoms with Gasteiger partial charge < -0.3 is 14.5 Å². The number of unbranched alkanes of at least 4 members (excludes halogenated alkanes) is 2. The van der Waals surface area contributed by atoms with Crippen LogP contribution < -0.4 is 5.32 Å². The Kier molecular flexibility index (Phi) is 5.62. The summed E-state index contributed by atoms with van der Waals surface area (Å²) < 4.78 is 11.0. The lowest BCUT2D eigenvalue weighted by molar-refractivity contribution is 0.192. The van der Waals surface area contributed by atoms with Crippen LogP contribution in [0.5, 0.6) is 0 Å². The highest BCUT2D eigenvalue weighted by molar-refractivity contribution is 5.82.